The van der Waals surface area contributed by atoms with Gasteiger partial charge in [0.1, 0.15) is 0 Å². The number of sulfonamides is 1. The lowest BCUT2D eigenvalue weighted by Gasteiger charge is -2.20. The highest BCUT2D eigenvalue weighted by molar-refractivity contribution is 7.93. The maximum absolute atomic E-state index is 12.1. The van der Waals surface area contributed by atoms with Crippen LogP contribution in [-0.4, -0.2) is 32.8 Å². The van der Waals surface area contributed by atoms with Gasteiger partial charge in [-0.1, -0.05) is 13.0 Å². The molecule has 0 aliphatic carbocycles. The Balaban J connectivity index is 2.19. The fourth-order valence-electron chi connectivity index (χ4n) is 2.36. The second kappa shape index (κ2) is 6.56. The maximum Gasteiger partial charge on any atom is 0.319 e. The van der Waals surface area contributed by atoms with E-state index in [1.54, 1.807) is 12.1 Å². The Bertz CT molecular complexity index is 658. The Labute approximate surface area is 131 Å². The number of anilines is 2. The predicted molar refractivity (Wildman–Crippen MR) is 88.8 cm³/mol. The first-order valence-electron chi connectivity index (χ1n) is 7.52. The second-order valence-corrected chi connectivity index (χ2v) is 7.66. The molecule has 1 fully saturated rings. The largest absolute Gasteiger partial charge is 0.335 e. The van der Waals surface area contributed by atoms with Gasteiger partial charge in [0.05, 0.1) is 11.4 Å². The van der Waals surface area contributed by atoms with E-state index >= 15 is 0 Å². The smallest absolute Gasteiger partial charge is 0.319 e. The number of nitrogens with one attached hydrogen (secondary N) is 2. The normalized spacial score (nSPS) is 18.0. The number of hydrogen-bond donors (Lipinski definition) is 2. The molecule has 1 unspecified atom stereocenters. The quantitative estimate of drug-likeness (QED) is 0.892. The lowest BCUT2D eigenvalue weighted by atomic mass is 10.1. The molecule has 1 aliphatic heterocycles. The first-order valence-corrected chi connectivity index (χ1v) is 9.13. The summed E-state index contributed by atoms with van der Waals surface area (Å²) >= 11 is 0. The van der Waals surface area contributed by atoms with Crippen molar-refractivity contribution in [1.82, 2.24) is 5.32 Å². The molecule has 1 atom stereocenters. The van der Waals surface area contributed by atoms with E-state index in [4.69, 9.17) is 0 Å². The van der Waals surface area contributed by atoms with Gasteiger partial charge in [0.2, 0.25) is 10.0 Å². The summed E-state index contributed by atoms with van der Waals surface area (Å²) in [4.78, 5) is 11.9. The number of carbonyl (C=O) groups excluding carboxylic acids is 1. The van der Waals surface area contributed by atoms with Crippen LogP contribution in [0.15, 0.2) is 18.2 Å². The molecule has 0 aromatic heterocycles. The van der Waals surface area contributed by atoms with Gasteiger partial charge in [-0.05, 0) is 44.4 Å². The number of nitrogens with zero attached hydrogens (tertiary/aromatic N) is 1. The molecular formula is C15H23N3O3S. The molecule has 0 radical (unpaired) electrons. The Kier molecular flexibility index (Phi) is 4.95. The minimum Gasteiger partial charge on any atom is -0.335 e. The Morgan fingerprint density at radius 3 is 2.73 bits per heavy atom. The van der Waals surface area contributed by atoms with Crippen molar-refractivity contribution in [3.05, 3.63) is 23.8 Å². The van der Waals surface area contributed by atoms with Gasteiger partial charge >= 0.3 is 6.03 Å². The van der Waals surface area contributed by atoms with Crippen LogP contribution in [0, 0.1) is 6.92 Å². The van der Waals surface area contributed by atoms with Gasteiger partial charge in [0, 0.05) is 18.3 Å². The SMILES string of the molecule is CCC(C)NC(=O)Nc1ccc(C)c(N2CCCS2(=O)=O)c1. The fourth-order valence-corrected chi connectivity index (χ4v) is 3.98. The summed E-state index contributed by atoms with van der Waals surface area (Å²) < 4.78 is 25.5. The summed E-state index contributed by atoms with van der Waals surface area (Å²) in [7, 11) is -3.23. The zero-order valence-corrected chi connectivity index (χ0v) is 14.0. The summed E-state index contributed by atoms with van der Waals surface area (Å²) in [6, 6.07) is 5.12. The molecule has 2 amide bonds. The summed E-state index contributed by atoms with van der Waals surface area (Å²) in [6.45, 7) is 6.28. The van der Waals surface area contributed by atoms with Crippen LogP contribution in [0.4, 0.5) is 16.2 Å². The van der Waals surface area contributed by atoms with Crippen LogP contribution in [0.3, 0.4) is 0 Å². The predicted octanol–water partition coefficient (Wildman–Crippen LogP) is 2.45. The molecule has 0 spiro atoms. The zero-order valence-electron chi connectivity index (χ0n) is 13.2. The number of rotatable bonds is 4. The van der Waals surface area contributed by atoms with Crippen LogP contribution >= 0.6 is 0 Å². The van der Waals surface area contributed by atoms with Crippen molar-refractivity contribution in [2.45, 2.75) is 39.7 Å². The molecule has 1 aromatic carbocycles. The number of hydrogen-bond acceptors (Lipinski definition) is 3. The van der Waals surface area contributed by atoms with E-state index in [0.717, 1.165) is 12.0 Å². The highest BCUT2D eigenvalue weighted by Gasteiger charge is 2.29. The molecule has 2 rings (SSSR count). The molecule has 7 heteroatoms. The first-order chi connectivity index (χ1) is 10.3. The summed E-state index contributed by atoms with van der Waals surface area (Å²) in [6.07, 6.45) is 1.48. The molecule has 1 aromatic rings. The molecule has 1 saturated heterocycles. The van der Waals surface area contributed by atoms with Crippen molar-refractivity contribution >= 4 is 27.4 Å². The van der Waals surface area contributed by atoms with E-state index in [2.05, 4.69) is 10.6 Å². The van der Waals surface area contributed by atoms with Gasteiger partial charge in [-0.2, -0.15) is 0 Å². The van der Waals surface area contributed by atoms with Crippen LogP contribution in [0.2, 0.25) is 0 Å². The third-order valence-electron chi connectivity index (χ3n) is 3.82. The molecule has 122 valence electrons. The standard InChI is InChI=1S/C15H23N3O3S/c1-4-12(3)16-15(19)17-13-7-6-11(2)14(10-13)18-8-5-9-22(18,20)21/h6-7,10,12H,4-5,8-9H2,1-3H3,(H2,16,17,19). The van der Waals surface area contributed by atoms with Gasteiger partial charge in [-0.3, -0.25) is 4.31 Å². The monoisotopic (exact) mass is 325 g/mol. The number of benzene rings is 1. The van der Waals surface area contributed by atoms with Crippen LogP contribution in [0.25, 0.3) is 0 Å². The van der Waals surface area contributed by atoms with Crippen molar-refractivity contribution in [2.24, 2.45) is 0 Å². The average Bonchev–Trinajstić information content (AvgIpc) is 2.80. The van der Waals surface area contributed by atoms with E-state index in [1.165, 1.54) is 4.31 Å². The maximum atomic E-state index is 12.1. The van der Waals surface area contributed by atoms with Crippen molar-refractivity contribution in [3.8, 4) is 0 Å². The lowest BCUT2D eigenvalue weighted by Crippen LogP contribution is -2.35. The molecule has 22 heavy (non-hydrogen) atoms. The molecule has 1 heterocycles. The van der Waals surface area contributed by atoms with Crippen LogP contribution in [0.5, 0.6) is 0 Å². The van der Waals surface area contributed by atoms with Gasteiger partial charge in [0.25, 0.3) is 0 Å². The Hall–Kier alpha value is -1.76. The number of amides is 2. The van der Waals surface area contributed by atoms with Gasteiger partial charge < -0.3 is 10.6 Å². The van der Waals surface area contributed by atoms with Crippen molar-refractivity contribution in [3.63, 3.8) is 0 Å². The first kappa shape index (κ1) is 16.6. The van der Waals surface area contributed by atoms with Crippen LogP contribution in [0.1, 0.15) is 32.3 Å². The zero-order chi connectivity index (χ0) is 16.3. The number of carbonyl (C=O) groups is 1. The minimum absolute atomic E-state index is 0.0869. The fraction of sp³-hybridized carbons (Fsp3) is 0.533. The number of aryl methyl sites for hydroxylation is 1. The van der Waals surface area contributed by atoms with E-state index in [1.807, 2.05) is 26.8 Å². The van der Waals surface area contributed by atoms with Gasteiger partial charge in [-0.25, -0.2) is 13.2 Å². The second-order valence-electron chi connectivity index (χ2n) is 5.65. The average molecular weight is 325 g/mol. The minimum atomic E-state index is -3.23. The van der Waals surface area contributed by atoms with E-state index in [9.17, 15) is 13.2 Å². The van der Waals surface area contributed by atoms with Gasteiger partial charge in [0.15, 0.2) is 0 Å². The van der Waals surface area contributed by atoms with E-state index in [-0.39, 0.29) is 17.8 Å². The Morgan fingerprint density at radius 1 is 1.41 bits per heavy atom. The Morgan fingerprint density at radius 2 is 2.14 bits per heavy atom. The summed E-state index contributed by atoms with van der Waals surface area (Å²) in [5, 5.41) is 5.57. The molecule has 6 nitrogen and oxygen atoms in total. The molecule has 1 aliphatic rings. The highest BCUT2D eigenvalue weighted by atomic mass is 32.2. The molecule has 0 bridgehead atoms. The highest BCUT2D eigenvalue weighted by Crippen LogP contribution is 2.29. The van der Waals surface area contributed by atoms with Crippen LogP contribution in [-0.2, 0) is 10.0 Å². The van der Waals surface area contributed by atoms with Gasteiger partial charge in [-0.15, -0.1) is 0 Å². The van der Waals surface area contributed by atoms with E-state index < -0.39 is 10.0 Å². The third-order valence-corrected chi connectivity index (χ3v) is 5.68. The molecular weight excluding hydrogens is 302 g/mol. The third kappa shape index (κ3) is 3.71. The lowest BCUT2D eigenvalue weighted by molar-refractivity contribution is 0.249. The van der Waals surface area contributed by atoms with E-state index in [0.29, 0.717) is 24.3 Å². The summed E-state index contributed by atoms with van der Waals surface area (Å²) in [5.74, 6) is 0.179. The van der Waals surface area contributed by atoms with Crippen molar-refractivity contribution in [1.29, 1.82) is 0 Å². The summed E-state index contributed by atoms with van der Waals surface area (Å²) in [5.41, 5.74) is 2.10. The molecule has 2 N–H and O–H groups in total. The number of urea groups is 1. The molecule has 0 saturated carbocycles. The topological polar surface area (TPSA) is 78.5 Å². The van der Waals surface area contributed by atoms with Crippen molar-refractivity contribution < 1.29 is 13.2 Å². The van der Waals surface area contributed by atoms with Crippen molar-refractivity contribution in [2.75, 3.05) is 21.9 Å². The van der Waals surface area contributed by atoms with Crippen LogP contribution < -0.4 is 14.9 Å².